The van der Waals surface area contributed by atoms with Crippen molar-refractivity contribution < 1.29 is 9.26 Å². The van der Waals surface area contributed by atoms with E-state index in [0.29, 0.717) is 6.01 Å². The van der Waals surface area contributed by atoms with Gasteiger partial charge in [-0.1, -0.05) is 5.16 Å². The number of aromatic nitrogens is 3. The van der Waals surface area contributed by atoms with Crippen LogP contribution in [-0.2, 0) is 6.54 Å². The van der Waals surface area contributed by atoms with Gasteiger partial charge < -0.3 is 14.2 Å². The normalized spacial score (nSPS) is 16.0. The van der Waals surface area contributed by atoms with E-state index in [2.05, 4.69) is 24.9 Å². The van der Waals surface area contributed by atoms with Crippen molar-refractivity contribution in [1.82, 2.24) is 20.0 Å². The van der Waals surface area contributed by atoms with Gasteiger partial charge in [0.1, 0.15) is 5.82 Å². The molecule has 0 atom stereocenters. The summed E-state index contributed by atoms with van der Waals surface area (Å²) in [4.78, 5) is 13.3. The topological polar surface area (TPSA) is 67.5 Å². The van der Waals surface area contributed by atoms with E-state index >= 15 is 0 Å². The maximum absolute atomic E-state index is 5.28. The van der Waals surface area contributed by atoms with Crippen LogP contribution in [0.4, 0.5) is 5.82 Å². The van der Waals surface area contributed by atoms with E-state index in [9.17, 15) is 0 Å². The summed E-state index contributed by atoms with van der Waals surface area (Å²) >= 11 is 0. The maximum atomic E-state index is 5.28. The SMILES string of the molecule is COc1nc(C)cc(N2CCN(Cc3cc(C)no3)CC2)n1. The Hall–Kier alpha value is -2.15. The molecule has 0 amide bonds. The second-order valence-corrected chi connectivity index (χ2v) is 5.55. The molecule has 0 aliphatic carbocycles. The van der Waals surface area contributed by atoms with Crippen LogP contribution < -0.4 is 9.64 Å². The standard InChI is InChI=1S/C15H21N5O2/c1-11-9-14(17-15(16-11)21-3)20-6-4-19(5-7-20)10-13-8-12(2)18-22-13/h8-9H,4-7,10H2,1-3H3. The molecule has 1 aliphatic heterocycles. The molecule has 1 fully saturated rings. The van der Waals surface area contributed by atoms with Gasteiger partial charge in [-0.3, -0.25) is 4.90 Å². The Kier molecular flexibility index (Phi) is 4.24. The van der Waals surface area contributed by atoms with Crippen molar-refractivity contribution >= 4 is 5.82 Å². The van der Waals surface area contributed by atoms with Crippen LogP contribution in [0.15, 0.2) is 16.7 Å². The number of rotatable bonds is 4. The fourth-order valence-corrected chi connectivity index (χ4v) is 2.62. The molecule has 0 unspecified atom stereocenters. The summed E-state index contributed by atoms with van der Waals surface area (Å²) < 4.78 is 10.4. The first-order valence-corrected chi connectivity index (χ1v) is 7.43. The number of methoxy groups -OCH3 is 1. The Bertz CT molecular complexity index is 635. The van der Waals surface area contributed by atoms with Crippen LogP contribution in [0.25, 0.3) is 0 Å². The first-order valence-electron chi connectivity index (χ1n) is 7.43. The molecule has 0 radical (unpaired) electrons. The van der Waals surface area contributed by atoms with Gasteiger partial charge in [0.2, 0.25) is 0 Å². The van der Waals surface area contributed by atoms with Gasteiger partial charge in [0.05, 0.1) is 19.3 Å². The molecule has 0 aromatic carbocycles. The molecule has 7 heteroatoms. The van der Waals surface area contributed by atoms with E-state index in [1.54, 1.807) is 7.11 Å². The predicted molar refractivity (Wildman–Crippen MR) is 82.1 cm³/mol. The van der Waals surface area contributed by atoms with Crippen LogP contribution in [-0.4, -0.2) is 53.3 Å². The summed E-state index contributed by atoms with van der Waals surface area (Å²) in [5.41, 5.74) is 1.85. The van der Waals surface area contributed by atoms with Gasteiger partial charge in [0.15, 0.2) is 5.76 Å². The summed E-state index contributed by atoms with van der Waals surface area (Å²) in [6.07, 6.45) is 0. The summed E-state index contributed by atoms with van der Waals surface area (Å²) in [6, 6.07) is 4.41. The van der Waals surface area contributed by atoms with Crippen LogP contribution in [0.2, 0.25) is 0 Å². The summed E-state index contributed by atoms with van der Waals surface area (Å²) in [7, 11) is 1.59. The van der Waals surface area contributed by atoms with Crippen molar-refractivity contribution in [3.63, 3.8) is 0 Å². The summed E-state index contributed by atoms with van der Waals surface area (Å²) in [5.74, 6) is 1.85. The molecule has 0 N–H and O–H groups in total. The highest BCUT2D eigenvalue weighted by Crippen LogP contribution is 2.18. The Balaban J connectivity index is 1.60. The zero-order chi connectivity index (χ0) is 15.5. The molecule has 118 valence electrons. The first kappa shape index (κ1) is 14.8. The van der Waals surface area contributed by atoms with Crippen LogP contribution in [0.1, 0.15) is 17.1 Å². The van der Waals surface area contributed by atoms with Crippen molar-refractivity contribution in [2.24, 2.45) is 0 Å². The predicted octanol–water partition coefficient (Wildman–Crippen LogP) is 1.41. The van der Waals surface area contributed by atoms with E-state index in [-0.39, 0.29) is 0 Å². The number of hydrogen-bond acceptors (Lipinski definition) is 7. The van der Waals surface area contributed by atoms with Crippen molar-refractivity contribution in [2.75, 3.05) is 38.2 Å². The van der Waals surface area contributed by atoms with E-state index < -0.39 is 0 Å². The highest BCUT2D eigenvalue weighted by molar-refractivity contribution is 5.41. The van der Waals surface area contributed by atoms with Gasteiger partial charge >= 0.3 is 6.01 Å². The lowest BCUT2D eigenvalue weighted by Gasteiger charge is -2.34. The molecular formula is C15H21N5O2. The van der Waals surface area contributed by atoms with E-state index in [4.69, 9.17) is 9.26 Å². The minimum absolute atomic E-state index is 0.426. The third kappa shape index (κ3) is 3.36. The molecule has 0 spiro atoms. The number of ether oxygens (including phenoxy) is 1. The molecule has 22 heavy (non-hydrogen) atoms. The Morgan fingerprint density at radius 2 is 1.86 bits per heavy atom. The van der Waals surface area contributed by atoms with Crippen LogP contribution in [0.5, 0.6) is 6.01 Å². The van der Waals surface area contributed by atoms with Crippen LogP contribution in [0, 0.1) is 13.8 Å². The molecule has 0 bridgehead atoms. The Labute approximate surface area is 129 Å². The van der Waals surface area contributed by atoms with Gasteiger partial charge in [-0.05, 0) is 13.8 Å². The molecule has 1 aliphatic rings. The number of piperazine rings is 1. The molecular weight excluding hydrogens is 282 g/mol. The van der Waals surface area contributed by atoms with Gasteiger partial charge in [0.25, 0.3) is 0 Å². The third-order valence-electron chi connectivity index (χ3n) is 3.76. The van der Waals surface area contributed by atoms with Crippen molar-refractivity contribution in [1.29, 1.82) is 0 Å². The minimum Gasteiger partial charge on any atom is -0.467 e. The minimum atomic E-state index is 0.426. The molecule has 2 aromatic heterocycles. The maximum Gasteiger partial charge on any atom is 0.318 e. The monoisotopic (exact) mass is 303 g/mol. The Morgan fingerprint density at radius 1 is 1.09 bits per heavy atom. The second-order valence-electron chi connectivity index (χ2n) is 5.55. The largest absolute Gasteiger partial charge is 0.467 e. The van der Waals surface area contributed by atoms with Crippen molar-refractivity contribution in [2.45, 2.75) is 20.4 Å². The van der Waals surface area contributed by atoms with Crippen molar-refractivity contribution in [3.8, 4) is 6.01 Å². The number of aryl methyl sites for hydroxylation is 2. The molecule has 2 aromatic rings. The van der Waals surface area contributed by atoms with Gasteiger partial charge in [-0.25, -0.2) is 4.98 Å². The van der Waals surface area contributed by atoms with Crippen molar-refractivity contribution in [3.05, 3.63) is 29.3 Å². The molecule has 3 heterocycles. The lowest BCUT2D eigenvalue weighted by atomic mass is 10.2. The quantitative estimate of drug-likeness (QED) is 0.846. The molecule has 7 nitrogen and oxygen atoms in total. The van der Waals surface area contributed by atoms with E-state index in [1.165, 1.54) is 0 Å². The van der Waals surface area contributed by atoms with Gasteiger partial charge in [0, 0.05) is 44.0 Å². The highest BCUT2D eigenvalue weighted by Gasteiger charge is 2.20. The number of nitrogens with zero attached hydrogens (tertiary/aromatic N) is 5. The second kappa shape index (κ2) is 6.31. The lowest BCUT2D eigenvalue weighted by Crippen LogP contribution is -2.46. The smallest absolute Gasteiger partial charge is 0.318 e. The zero-order valence-electron chi connectivity index (χ0n) is 13.2. The fraction of sp³-hybridized carbons (Fsp3) is 0.533. The van der Waals surface area contributed by atoms with Crippen LogP contribution in [0.3, 0.4) is 0 Å². The van der Waals surface area contributed by atoms with E-state index in [0.717, 1.165) is 55.7 Å². The Morgan fingerprint density at radius 3 is 2.50 bits per heavy atom. The van der Waals surface area contributed by atoms with Gasteiger partial charge in [-0.2, -0.15) is 4.98 Å². The van der Waals surface area contributed by atoms with Gasteiger partial charge in [-0.15, -0.1) is 0 Å². The third-order valence-corrected chi connectivity index (χ3v) is 3.76. The molecule has 3 rings (SSSR count). The lowest BCUT2D eigenvalue weighted by molar-refractivity contribution is 0.219. The average molecular weight is 303 g/mol. The van der Waals surface area contributed by atoms with Crippen LogP contribution >= 0.6 is 0 Å². The number of hydrogen-bond donors (Lipinski definition) is 0. The fourth-order valence-electron chi connectivity index (χ4n) is 2.62. The summed E-state index contributed by atoms with van der Waals surface area (Å²) in [5, 5.41) is 3.93. The first-order chi connectivity index (χ1) is 10.6. The number of anilines is 1. The van der Waals surface area contributed by atoms with E-state index in [1.807, 2.05) is 26.0 Å². The highest BCUT2D eigenvalue weighted by atomic mass is 16.5. The summed E-state index contributed by atoms with van der Waals surface area (Å²) in [6.45, 7) is 8.47. The molecule has 1 saturated heterocycles. The molecule has 0 saturated carbocycles. The average Bonchev–Trinajstić information content (AvgIpc) is 2.92. The zero-order valence-corrected chi connectivity index (χ0v) is 13.2.